The molecule has 1 aromatic heterocycles. The van der Waals surface area contributed by atoms with Crippen LogP contribution in [0.3, 0.4) is 0 Å². The topological polar surface area (TPSA) is 16.4 Å². The number of nitrogens with zero attached hydrogens (tertiary/aromatic N) is 1. The van der Waals surface area contributed by atoms with Gasteiger partial charge in [0.25, 0.3) is 0 Å². The summed E-state index contributed by atoms with van der Waals surface area (Å²) >= 11 is 0. The SMILES string of the molecule is CC1(C)c2ccccc2-c2c(N(c3ccc4c(ccc5c6ccccc6oc45)c3)c3ccccc3-c3ccc4ccccc4c3)cccc21. The van der Waals surface area contributed by atoms with Gasteiger partial charge in [0.1, 0.15) is 11.2 Å². The summed E-state index contributed by atoms with van der Waals surface area (Å²) in [6, 6.07) is 59.6. The number of rotatable bonds is 4. The minimum absolute atomic E-state index is 0.109. The Bertz CT molecular complexity index is 2770. The van der Waals surface area contributed by atoms with Crippen LogP contribution in [-0.2, 0) is 5.41 Å². The second-order valence-corrected chi connectivity index (χ2v) is 13.7. The molecule has 1 aliphatic rings. The molecular formula is C47H33NO. The van der Waals surface area contributed by atoms with E-state index in [1.54, 1.807) is 0 Å². The predicted octanol–water partition coefficient (Wildman–Crippen LogP) is 13.3. The first-order valence-corrected chi connectivity index (χ1v) is 17.0. The molecule has 0 spiro atoms. The molecule has 0 amide bonds. The molecule has 2 heteroatoms. The van der Waals surface area contributed by atoms with Crippen LogP contribution >= 0.6 is 0 Å². The summed E-state index contributed by atoms with van der Waals surface area (Å²) in [5, 5.41) is 7.03. The molecule has 232 valence electrons. The Balaban J connectivity index is 1.25. The highest BCUT2D eigenvalue weighted by atomic mass is 16.3. The van der Waals surface area contributed by atoms with Gasteiger partial charge in [0.2, 0.25) is 0 Å². The van der Waals surface area contributed by atoms with E-state index in [4.69, 9.17) is 4.42 Å². The molecule has 0 atom stereocenters. The lowest BCUT2D eigenvalue weighted by Gasteiger charge is -2.31. The Morgan fingerprint density at radius 1 is 0.469 bits per heavy atom. The van der Waals surface area contributed by atoms with Gasteiger partial charge < -0.3 is 9.32 Å². The summed E-state index contributed by atoms with van der Waals surface area (Å²) in [5.74, 6) is 0. The van der Waals surface area contributed by atoms with E-state index in [-0.39, 0.29) is 5.41 Å². The average Bonchev–Trinajstić information content (AvgIpc) is 3.64. The molecule has 0 saturated heterocycles. The Labute approximate surface area is 285 Å². The monoisotopic (exact) mass is 627 g/mol. The molecule has 1 aliphatic carbocycles. The Morgan fingerprint density at radius 3 is 2.08 bits per heavy atom. The maximum absolute atomic E-state index is 6.46. The molecule has 0 saturated carbocycles. The fourth-order valence-corrected chi connectivity index (χ4v) is 8.24. The van der Waals surface area contributed by atoms with Crippen molar-refractivity contribution in [3.63, 3.8) is 0 Å². The van der Waals surface area contributed by atoms with Crippen LogP contribution in [0, 0.1) is 0 Å². The summed E-state index contributed by atoms with van der Waals surface area (Å²) in [6.45, 7) is 4.70. The molecular weight excluding hydrogens is 595 g/mol. The highest BCUT2D eigenvalue weighted by molar-refractivity contribution is 6.15. The molecule has 0 N–H and O–H groups in total. The molecule has 1 heterocycles. The van der Waals surface area contributed by atoms with Crippen molar-refractivity contribution >= 4 is 60.5 Å². The van der Waals surface area contributed by atoms with E-state index < -0.39 is 0 Å². The number of anilines is 3. The van der Waals surface area contributed by atoms with Crippen LogP contribution in [0.2, 0.25) is 0 Å². The molecule has 0 aliphatic heterocycles. The Hall–Kier alpha value is -6.12. The van der Waals surface area contributed by atoms with Gasteiger partial charge in [0.15, 0.2) is 0 Å². The molecule has 8 aromatic carbocycles. The number of hydrogen-bond acceptors (Lipinski definition) is 2. The molecule has 0 unspecified atom stereocenters. The van der Waals surface area contributed by atoms with E-state index in [1.165, 1.54) is 49.8 Å². The largest absolute Gasteiger partial charge is 0.455 e. The van der Waals surface area contributed by atoms with Gasteiger partial charge >= 0.3 is 0 Å². The van der Waals surface area contributed by atoms with Crippen molar-refractivity contribution in [3.05, 3.63) is 175 Å². The number of fused-ring (bicyclic) bond motifs is 9. The molecule has 10 rings (SSSR count). The zero-order chi connectivity index (χ0) is 32.7. The van der Waals surface area contributed by atoms with E-state index in [1.807, 2.05) is 6.07 Å². The van der Waals surface area contributed by atoms with Crippen molar-refractivity contribution in [2.75, 3.05) is 4.90 Å². The second kappa shape index (κ2) is 10.4. The van der Waals surface area contributed by atoms with Crippen LogP contribution in [0.25, 0.3) is 65.7 Å². The number of benzene rings is 8. The van der Waals surface area contributed by atoms with Crippen LogP contribution in [0.15, 0.2) is 168 Å². The fraction of sp³-hybridized carbons (Fsp3) is 0.0638. The maximum Gasteiger partial charge on any atom is 0.143 e. The van der Waals surface area contributed by atoms with Crippen molar-refractivity contribution in [2.45, 2.75) is 19.3 Å². The van der Waals surface area contributed by atoms with Crippen LogP contribution in [0.4, 0.5) is 17.1 Å². The third-order valence-electron chi connectivity index (χ3n) is 10.6. The van der Waals surface area contributed by atoms with E-state index in [0.717, 1.165) is 44.1 Å². The first kappa shape index (κ1) is 27.9. The van der Waals surface area contributed by atoms with Gasteiger partial charge in [-0.2, -0.15) is 0 Å². The van der Waals surface area contributed by atoms with E-state index >= 15 is 0 Å². The lowest BCUT2D eigenvalue weighted by Crippen LogP contribution is -2.16. The first-order chi connectivity index (χ1) is 24.1. The normalized spacial score (nSPS) is 13.3. The summed E-state index contributed by atoms with van der Waals surface area (Å²) in [7, 11) is 0. The van der Waals surface area contributed by atoms with Crippen LogP contribution < -0.4 is 4.90 Å². The minimum atomic E-state index is -0.109. The third kappa shape index (κ3) is 4.14. The van der Waals surface area contributed by atoms with Crippen LogP contribution in [-0.4, -0.2) is 0 Å². The van der Waals surface area contributed by atoms with Crippen LogP contribution in [0.1, 0.15) is 25.0 Å². The molecule has 49 heavy (non-hydrogen) atoms. The first-order valence-electron chi connectivity index (χ1n) is 17.0. The zero-order valence-electron chi connectivity index (χ0n) is 27.4. The van der Waals surface area contributed by atoms with Crippen molar-refractivity contribution in [1.29, 1.82) is 0 Å². The van der Waals surface area contributed by atoms with Gasteiger partial charge in [-0.05, 0) is 86.9 Å². The molecule has 0 bridgehead atoms. The average molecular weight is 628 g/mol. The van der Waals surface area contributed by atoms with Gasteiger partial charge in [-0.1, -0.05) is 129 Å². The fourth-order valence-electron chi connectivity index (χ4n) is 8.24. The predicted molar refractivity (Wildman–Crippen MR) is 206 cm³/mol. The van der Waals surface area contributed by atoms with Crippen molar-refractivity contribution < 1.29 is 4.42 Å². The Morgan fingerprint density at radius 2 is 1.16 bits per heavy atom. The van der Waals surface area contributed by atoms with Crippen LogP contribution in [0.5, 0.6) is 0 Å². The van der Waals surface area contributed by atoms with E-state index in [9.17, 15) is 0 Å². The minimum Gasteiger partial charge on any atom is -0.455 e. The molecule has 2 nitrogen and oxygen atoms in total. The van der Waals surface area contributed by atoms with Gasteiger partial charge in [0, 0.05) is 38.4 Å². The highest BCUT2D eigenvalue weighted by Crippen LogP contribution is 2.55. The lowest BCUT2D eigenvalue weighted by atomic mass is 9.82. The molecule has 9 aromatic rings. The molecule has 0 fully saturated rings. The number of para-hydroxylation sites is 2. The maximum atomic E-state index is 6.46. The number of furan rings is 1. The summed E-state index contributed by atoms with van der Waals surface area (Å²) in [4.78, 5) is 2.48. The summed E-state index contributed by atoms with van der Waals surface area (Å²) < 4.78 is 6.46. The van der Waals surface area contributed by atoms with Crippen molar-refractivity contribution in [3.8, 4) is 22.3 Å². The Kier molecular flexibility index (Phi) is 5.95. The van der Waals surface area contributed by atoms with Gasteiger partial charge in [0.05, 0.1) is 11.4 Å². The summed E-state index contributed by atoms with van der Waals surface area (Å²) in [6.07, 6.45) is 0. The van der Waals surface area contributed by atoms with Crippen molar-refractivity contribution in [1.82, 2.24) is 0 Å². The van der Waals surface area contributed by atoms with E-state index in [0.29, 0.717) is 0 Å². The second-order valence-electron chi connectivity index (χ2n) is 13.7. The zero-order valence-corrected chi connectivity index (χ0v) is 27.4. The lowest BCUT2D eigenvalue weighted by molar-refractivity contribution is 0.660. The third-order valence-corrected chi connectivity index (χ3v) is 10.6. The quantitative estimate of drug-likeness (QED) is 0.193. The summed E-state index contributed by atoms with van der Waals surface area (Å²) in [5.41, 5.74) is 12.8. The van der Waals surface area contributed by atoms with Gasteiger partial charge in [-0.25, -0.2) is 0 Å². The van der Waals surface area contributed by atoms with Crippen molar-refractivity contribution in [2.24, 2.45) is 0 Å². The highest BCUT2D eigenvalue weighted by Gasteiger charge is 2.38. The standard InChI is InChI=1S/C47H33NO/c1-47(2)40-17-8-5-16-39(40)45-41(47)18-11-20-43(45)48(42-19-9-6-14-35(42)32-23-22-30-12-3-4-13-31(30)28-32)34-25-27-36-33(29-34)24-26-38-37-15-7-10-21-44(37)49-46(36)38/h3-29H,1-2H3. The van der Waals surface area contributed by atoms with Gasteiger partial charge in [-0.15, -0.1) is 0 Å². The smallest absolute Gasteiger partial charge is 0.143 e. The van der Waals surface area contributed by atoms with Gasteiger partial charge in [-0.3, -0.25) is 0 Å². The number of hydrogen-bond donors (Lipinski definition) is 0. The van der Waals surface area contributed by atoms with E-state index in [2.05, 4.69) is 176 Å². The molecule has 0 radical (unpaired) electrons.